The zero-order valence-corrected chi connectivity index (χ0v) is 15.4. The first-order valence-corrected chi connectivity index (χ1v) is 9.69. The van der Waals surface area contributed by atoms with Crippen molar-refractivity contribution < 1.29 is 9.18 Å². The number of nitrogens with one attached hydrogen (secondary N) is 2. The van der Waals surface area contributed by atoms with Crippen LogP contribution in [-0.4, -0.2) is 20.9 Å². The lowest BCUT2D eigenvalue weighted by Crippen LogP contribution is -2.29. The van der Waals surface area contributed by atoms with Crippen LogP contribution in [0.3, 0.4) is 0 Å². The van der Waals surface area contributed by atoms with E-state index in [2.05, 4.69) is 20.3 Å². The van der Waals surface area contributed by atoms with E-state index in [1.165, 1.54) is 31.4 Å². The first-order valence-electron chi connectivity index (χ1n) is 9.69. The van der Waals surface area contributed by atoms with Crippen molar-refractivity contribution in [2.45, 2.75) is 32.2 Å². The Morgan fingerprint density at radius 3 is 2.82 bits per heavy atom. The first kappa shape index (κ1) is 17.1. The molecule has 2 aliphatic carbocycles. The molecule has 0 saturated heterocycles. The maximum absolute atomic E-state index is 13.7. The Kier molecular flexibility index (Phi) is 4.00. The lowest BCUT2D eigenvalue weighted by atomic mass is 9.80. The average Bonchev–Trinajstić information content (AvgIpc) is 3.33. The summed E-state index contributed by atoms with van der Waals surface area (Å²) in [6.45, 7) is 0.320. The molecule has 3 aromatic rings. The van der Waals surface area contributed by atoms with Gasteiger partial charge in [-0.15, -0.1) is 0 Å². The molecule has 5 nitrogen and oxygen atoms in total. The molecule has 0 bridgehead atoms. The van der Waals surface area contributed by atoms with Crippen LogP contribution in [0.15, 0.2) is 48.7 Å². The second-order valence-corrected chi connectivity index (χ2v) is 7.82. The highest BCUT2D eigenvalue weighted by Crippen LogP contribution is 2.65. The number of carbonyl (C=O) groups is 1. The number of pyridine rings is 1. The highest BCUT2D eigenvalue weighted by Gasteiger charge is 2.60. The molecular weight excluding hydrogens is 355 g/mol. The van der Waals surface area contributed by atoms with Gasteiger partial charge in [-0.25, -0.2) is 9.37 Å². The van der Waals surface area contributed by atoms with Crippen LogP contribution in [0.4, 0.5) is 4.39 Å². The predicted molar refractivity (Wildman–Crippen MR) is 103 cm³/mol. The SMILES string of the molecule is O=C(NCc1nc(-c2cccc(F)c2)c(-c2ccccn2)[nH]1)[C@H]1CC12CCC2. The summed E-state index contributed by atoms with van der Waals surface area (Å²) in [6.07, 6.45) is 6.33. The van der Waals surface area contributed by atoms with E-state index < -0.39 is 0 Å². The highest BCUT2D eigenvalue weighted by atomic mass is 19.1. The predicted octanol–water partition coefficient (Wildman–Crippen LogP) is 4.08. The van der Waals surface area contributed by atoms with E-state index in [0.717, 1.165) is 17.8 Å². The van der Waals surface area contributed by atoms with Gasteiger partial charge in [0.1, 0.15) is 11.6 Å². The molecule has 2 heterocycles. The summed E-state index contributed by atoms with van der Waals surface area (Å²) in [5.74, 6) is 0.593. The molecule has 6 heteroatoms. The molecule has 0 unspecified atom stereocenters. The van der Waals surface area contributed by atoms with E-state index >= 15 is 0 Å². The van der Waals surface area contributed by atoms with Gasteiger partial charge in [0, 0.05) is 17.7 Å². The zero-order chi connectivity index (χ0) is 19.1. The van der Waals surface area contributed by atoms with Crippen LogP contribution in [-0.2, 0) is 11.3 Å². The van der Waals surface area contributed by atoms with Crippen LogP contribution in [0.5, 0.6) is 0 Å². The number of halogens is 1. The Labute approximate surface area is 162 Å². The number of amides is 1. The Bertz CT molecular complexity index is 1030. The number of hydrogen-bond donors (Lipinski definition) is 2. The van der Waals surface area contributed by atoms with Crippen LogP contribution >= 0.6 is 0 Å². The molecular formula is C22H21FN4O. The molecule has 0 aliphatic heterocycles. The number of aromatic nitrogens is 3. The van der Waals surface area contributed by atoms with E-state index in [1.807, 2.05) is 24.3 Å². The largest absolute Gasteiger partial charge is 0.349 e. The van der Waals surface area contributed by atoms with E-state index in [4.69, 9.17) is 0 Å². The van der Waals surface area contributed by atoms with E-state index in [9.17, 15) is 9.18 Å². The molecule has 0 radical (unpaired) electrons. The second kappa shape index (κ2) is 6.55. The van der Waals surface area contributed by atoms with Gasteiger partial charge >= 0.3 is 0 Å². The molecule has 2 saturated carbocycles. The van der Waals surface area contributed by atoms with Crippen molar-refractivity contribution in [1.82, 2.24) is 20.3 Å². The van der Waals surface area contributed by atoms with Crippen molar-refractivity contribution >= 4 is 5.91 Å². The van der Waals surface area contributed by atoms with Gasteiger partial charge in [0.15, 0.2) is 0 Å². The fourth-order valence-corrected chi connectivity index (χ4v) is 4.24. The second-order valence-electron chi connectivity index (χ2n) is 7.82. The summed E-state index contributed by atoms with van der Waals surface area (Å²) >= 11 is 0. The minimum Gasteiger partial charge on any atom is -0.349 e. The third-order valence-electron chi connectivity index (χ3n) is 6.06. The van der Waals surface area contributed by atoms with Crippen molar-refractivity contribution in [3.8, 4) is 22.6 Å². The summed E-state index contributed by atoms with van der Waals surface area (Å²) in [5.41, 5.74) is 3.05. The van der Waals surface area contributed by atoms with E-state index in [1.54, 1.807) is 12.3 Å². The van der Waals surface area contributed by atoms with Gasteiger partial charge in [-0.2, -0.15) is 0 Å². The molecule has 2 N–H and O–H groups in total. The average molecular weight is 376 g/mol. The van der Waals surface area contributed by atoms with Crippen molar-refractivity contribution in [1.29, 1.82) is 0 Å². The van der Waals surface area contributed by atoms with Gasteiger partial charge in [0.25, 0.3) is 0 Å². The van der Waals surface area contributed by atoms with Gasteiger partial charge in [-0.1, -0.05) is 24.6 Å². The topological polar surface area (TPSA) is 70.7 Å². The maximum atomic E-state index is 13.7. The summed E-state index contributed by atoms with van der Waals surface area (Å²) in [5, 5.41) is 3.01. The smallest absolute Gasteiger partial charge is 0.224 e. The van der Waals surface area contributed by atoms with Gasteiger partial charge in [-0.05, 0) is 48.9 Å². The van der Waals surface area contributed by atoms with Crippen molar-refractivity contribution in [2.24, 2.45) is 11.3 Å². The fraction of sp³-hybridized carbons (Fsp3) is 0.318. The van der Waals surface area contributed by atoms with Crippen LogP contribution in [0.25, 0.3) is 22.6 Å². The molecule has 2 aromatic heterocycles. The number of carbonyl (C=O) groups excluding carboxylic acids is 1. The normalized spacial score (nSPS) is 19.2. The molecule has 2 aliphatic rings. The number of benzene rings is 1. The van der Waals surface area contributed by atoms with Crippen molar-refractivity contribution in [3.63, 3.8) is 0 Å². The minimum atomic E-state index is -0.318. The summed E-state index contributed by atoms with van der Waals surface area (Å²) in [6, 6.07) is 12.0. The van der Waals surface area contributed by atoms with Gasteiger partial charge in [0.05, 0.1) is 23.6 Å². The molecule has 1 spiro atoms. The fourth-order valence-electron chi connectivity index (χ4n) is 4.24. The quantitative estimate of drug-likeness (QED) is 0.705. The molecule has 1 amide bonds. The molecule has 5 rings (SSSR count). The Morgan fingerprint density at radius 2 is 2.14 bits per heavy atom. The molecule has 1 aromatic carbocycles. The Hall–Kier alpha value is -3.02. The van der Waals surface area contributed by atoms with Gasteiger partial charge < -0.3 is 10.3 Å². The van der Waals surface area contributed by atoms with Crippen LogP contribution in [0.1, 0.15) is 31.5 Å². The number of rotatable bonds is 5. The lowest BCUT2D eigenvalue weighted by molar-refractivity contribution is -0.123. The summed E-state index contributed by atoms with van der Waals surface area (Å²) in [7, 11) is 0. The van der Waals surface area contributed by atoms with Crippen molar-refractivity contribution in [2.75, 3.05) is 0 Å². The third-order valence-corrected chi connectivity index (χ3v) is 6.06. The van der Waals surface area contributed by atoms with Crippen LogP contribution in [0, 0.1) is 17.2 Å². The summed E-state index contributed by atoms with van der Waals surface area (Å²) in [4.78, 5) is 24.8. The molecule has 1 atom stereocenters. The maximum Gasteiger partial charge on any atom is 0.224 e. The minimum absolute atomic E-state index is 0.114. The number of aromatic amines is 1. The summed E-state index contributed by atoms with van der Waals surface area (Å²) < 4.78 is 13.7. The Balaban J connectivity index is 1.40. The van der Waals surface area contributed by atoms with Gasteiger partial charge in [-0.3, -0.25) is 9.78 Å². The molecule has 142 valence electrons. The first-order chi connectivity index (χ1) is 13.6. The Morgan fingerprint density at radius 1 is 1.25 bits per heavy atom. The monoisotopic (exact) mass is 376 g/mol. The molecule has 2 fully saturated rings. The number of nitrogens with zero attached hydrogens (tertiary/aromatic N) is 2. The highest BCUT2D eigenvalue weighted by molar-refractivity contribution is 5.83. The lowest BCUT2D eigenvalue weighted by Gasteiger charge is -2.26. The van der Waals surface area contributed by atoms with Crippen LogP contribution < -0.4 is 5.32 Å². The standard InChI is InChI=1S/C22H21FN4O/c23-15-6-3-5-14(11-15)19-20(17-7-1-2-10-24-17)27-18(26-19)13-25-21(28)16-12-22(16)8-4-9-22/h1-3,5-7,10-11,16H,4,8-9,12-13H2,(H,25,28)(H,26,27)/t16-/m1/s1. The molecule has 28 heavy (non-hydrogen) atoms. The number of H-pyrrole nitrogens is 1. The van der Waals surface area contributed by atoms with E-state index in [-0.39, 0.29) is 17.6 Å². The van der Waals surface area contributed by atoms with Gasteiger partial charge in [0.2, 0.25) is 5.91 Å². The van der Waals surface area contributed by atoms with E-state index in [0.29, 0.717) is 29.0 Å². The van der Waals surface area contributed by atoms with Crippen molar-refractivity contribution in [3.05, 3.63) is 60.3 Å². The zero-order valence-electron chi connectivity index (χ0n) is 15.4. The number of imidazole rings is 1. The number of hydrogen-bond acceptors (Lipinski definition) is 3. The third kappa shape index (κ3) is 2.99. The van der Waals surface area contributed by atoms with Crippen LogP contribution in [0.2, 0.25) is 0 Å².